The lowest BCUT2D eigenvalue weighted by molar-refractivity contribution is -0.384. The molecule has 1 aliphatic rings. The second kappa shape index (κ2) is 5.57. The quantitative estimate of drug-likeness (QED) is 0.662. The molecule has 7 heteroatoms. The third-order valence-corrected chi connectivity index (χ3v) is 3.41. The summed E-state index contributed by atoms with van der Waals surface area (Å²) in [4.78, 5) is 23.1. The van der Waals surface area contributed by atoms with Gasteiger partial charge in [0.05, 0.1) is 4.92 Å². The number of carbonyl (C=O) groups is 1. The number of rotatable bonds is 4. The zero-order valence-electron chi connectivity index (χ0n) is 10.7. The molecule has 0 aromatic heterocycles. The number of nitrogens with zero attached hydrogens (tertiary/aromatic N) is 3. The van der Waals surface area contributed by atoms with E-state index in [1.54, 1.807) is 17.0 Å². The highest BCUT2D eigenvalue weighted by Gasteiger charge is 2.30. The average molecular weight is 275 g/mol. The fourth-order valence-electron chi connectivity index (χ4n) is 2.53. The first-order chi connectivity index (χ1) is 9.52. The van der Waals surface area contributed by atoms with Crippen molar-refractivity contribution in [3.05, 3.63) is 33.9 Å². The molecule has 0 bridgehead atoms. The largest absolute Gasteiger partial charge is 0.481 e. The highest BCUT2D eigenvalue weighted by atomic mass is 16.6. The summed E-state index contributed by atoms with van der Waals surface area (Å²) in [6.45, 7) is 1.02. The Morgan fingerprint density at radius 3 is 2.95 bits per heavy atom. The number of nitro groups is 1. The van der Waals surface area contributed by atoms with Crippen LogP contribution in [0, 0.1) is 27.4 Å². The van der Waals surface area contributed by atoms with Gasteiger partial charge in [0.15, 0.2) is 0 Å². The van der Waals surface area contributed by atoms with Crippen LogP contribution in [0.5, 0.6) is 0 Å². The smallest absolute Gasteiger partial charge is 0.310 e. The van der Waals surface area contributed by atoms with Crippen molar-refractivity contribution in [1.29, 1.82) is 5.26 Å². The Labute approximate surface area is 115 Å². The molecule has 1 unspecified atom stereocenters. The molecule has 1 aromatic rings. The lowest BCUT2D eigenvalue weighted by Gasteiger charge is -2.18. The second-order valence-electron chi connectivity index (χ2n) is 4.74. The Morgan fingerprint density at radius 2 is 2.35 bits per heavy atom. The standard InChI is InChI=1S/C13H13N3O4/c14-7-10-2-1-3-11(13(10)16(19)20)15-5-4-9(8-15)6-12(17)18/h1-3,9H,4-6,8H2,(H,17,18). The number of hydrogen-bond acceptors (Lipinski definition) is 5. The fourth-order valence-corrected chi connectivity index (χ4v) is 2.53. The highest BCUT2D eigenvalue weighted by molar-refractivity contribution is 5.71. The summed E-state index contributed by atoms with van der Waals surface area (Å²) in [5.74, 6) is -0.880. The summed E-state index contributed by atoms with van der Waals surface area (Å²) in [5.41, 5.74) is 0.210. The van der Waals surface area contributed by atoms with Crippen LogP contribution in [-0.4, -0.2) is 29.1 Å². The van der Waals surface area contributed by atoms with Crippen LogP contribution in [0.4, 0.5) is 11.4 Å². The van der Waals surface area contributed by atoms with Crippen LogP contribution in [0.3, 0.4) is 0 Å². The predicted molar refractivity (Wildman–Crippen MR) is 70.4 cm³/mol. The predicted octanol–water partition coefficient (Wildman–Crippen LogP) is 1.77. The van der Waals surface area contributed by atoms with Crippen molar-refractivity contribution in [3.63, 3.8) is 0 Å². The van der Waals surface area contributed by atoms with Crippen molar-refractivity contribution in [1.82, 2.24) is 0 Å². The molecule has 7 nitrogen and oxygen atoms in total. The van der Waals surface area contributed by atoms with E-state index in [9.17, 15) is 14.9 Å². The second-order valence-corrected chi connectivity index (χ2v) is 4.74. The molecule has 0 radical (unpaired) electrons. The molecule has 1 N–H and O–H groups in total. The molecule has 0 saturated carbocycles. The molecule has 20 heavy (non-hydrogen) atoms. The van der Waals surface area contributed by atoms with Gasteiger partial charge in [-0.25, -0.2) is 0 Å². The van der Waals surface area contributed by atoms with Gasteiger partial charge in [-0.15, -0.1) is 0 Å². The van der Waals surface area contributed by atoms with Gasteiger partial charge >= 0.3 is 11.7 Å². The topological polar surface area (TPSA) is 107 Å². The maximum atomic E-state index is 11.2. The normalized spacial score (nSPS) is 17.8. The molecule has 1 heterocycles. The molecule has 104 valence electrons. The first-order valence-corrected chi connectivity index (χ1v) is 6.17. The zero-order valence-corrected chi connectivity index (χ0v) is 10.7. The number of anilines is 1. The van der Waals surface area contributed by atoms with E-state index in [0.29, 0.717) is 25.2 Å². The molecule has 1 aromatic carbocycles. The van der Waals surface area contributed by atoms with Crippen molar-refractivity contribution in [3.8, 4) is 6.07 Å². The molecular weight excluding hydrogens is 262 g/mol. The van der Waals surface area contributed by atoms with Crippen molar-refractivity contribution >= 4 is 17.3 Å². The lowest BCUT2D eigenvalue weighted by atomic mass is 10.1. The molecule has 0 spiro atoms. The number of aliphatic carboxylic acids is 1. The first-order valence-electron chi connectivity index (χ1n) is 6.17. The van der Waals surface area contributed by atoms with Crippen LogP contribution in [0.1, 0.15) is 18.4 Å². The number of hydrogen-bond donors (Lipinski definition) is 1. The number of carboxylic acid groups (broad SMARTS) is 1. The van der Waals surface area contributed by atoms with Gasteiger partial charge in [0, 0.05) is 19.5 Å². The number of nitriles is 1. The van der Waals surface area contributed by atoms with Crippen LogP contribution < -0.4 is 4.90 Å². The van der Waals surface area contributed by atoms with Crippen LogP contribution in [0.25, 0.3) is 0 Å². The monoisotopic (exact) mass is 275 g/mol. The third-order valence-electron chi connectivity index (χ3n) is 3.41. The van der Waals surface area contributed by atoms with Gasteiger partial charge in [-0.2, -0.15) is 5.26 Å². The van der Waals surface area contributed by atoms with E-state index in [0.717, 1.165) is 0 Å². The lowest BCUT2D eigenvalue weighted by Crippen LogP contribution is -2.21. The van der Waals surface area contributed by atoms with Crippen LogP contribution in [0.15, 0.2) is 18.2 Å². The number of para-hydroxylation sites is 1. The van der Waals surface area contributed by atoms with Gasteiger partial charge in [-0.3, -0.25) is 14.9 Å². The Kier molecular flexibility index (Phi) is 3.84. The summed E-state index contributed by atoms with van der Waals surface area (Å²) in [7, 11) is 0. The number of carboxylic acids is 1. The summed E-state index contributed by atoms with van der Waals surface area (Å²) >= 11 is 0. The van der Waals surface area contributed by atoms with Crippen LogP contribution in [-0.2, 0) is 4.79 Å². The zero-order chi connectivity index (χ0) is 14.7. The third kappa shape index (κ3) is 2.69. The van der Waals surface area contributed by atoms with Gasteiger partial charge in [0.25, 0.3) is 0 Å². The van der Waals surface area contributed by atoms with Gasteiger partial charge in [-0.05, 0) is 24.5 Å². The summed E-state index contributed by atoms with van der Waals surface area (Å²) in [6, 6.07) is 6.43. The van der Waals surface area contributed by atoms with E-state index >= 15 is 0 Å². The minimum absolute atomic E-state index is 0.0159. The van der Waals surface area contributed by atoms with E-state index < -0.39 is 10.9 Å². The van der Waals surface area contributed by atoms with Crippen molar-refractivity contribution in [2.24, 2.45) is 5.92 Å². The van der Waals surface area contributed by atoms with Gasteiger partial charge in [0.1, 0.15) is 17.3 Å². The summed E-state index contributed by atoms with van der Waals surface area (Å²) in [6.07, 6.45) is 0.739. The maximum Gasteiger partial charge on any atom is 0.310 e. The highest BCUT2D eigenvalue weighted by Crippen LogP contribution is 2.35. The SMILES string of the molecule is N#Cc1cccc(N2CCC(CC(=O)O)C2)c1[N+](=O)[O-]. The van der Waals surface area contributed by atoms with E-state index in [1.807, 2.05) is 6.07 Å². The van der Waals surface area contributed by atoms with Crippen molar-refractivity contribution in [2.75, 3.05) is 18.0 Å². The molecule has 1 aliphatic heterocycles. The maximum absolute atomic E-state index is 11.2. The Bertz CT molecular complexity index is 594. The Morgan fingerprint density at radius 1 is 1.60 bits per heavy atom. The van der Waals surface area contributed by atoms with Gasteiger partial charge in [0.2, 0.25) is 0 Å². The van der Waals surface area contributed by atoms with Crippen LogP contribution >= 0.6 is 0 Å². The molecule has 2 rings (SSSR count). The Hall–Kier alpha value is -2.62. The molecular formula is C13H13N3O4. The minimum Gasteiger partial charge on any atom is -0.481 e. The molecule has 1 atom stereocenters. The Balaban J connectivity index is 2.28. The van der Waals surface area contributed by atoms with E-state index in [-0.39, 0.29) is 23.6 Å². The molecule has 1 fully saturated rings. The van der Waals surface area contributed by atoms with E-state index in [4.69, 9.17) is 10.4 Å². The number of nitro benzene ring substituents is 1. The average Bonchev–Trinajstić information content (AvgIpc) is 2.85. The van der Waals surface area contributed by atoms with Crippen molar-refractivity contribution in [2.45, 2.75) is 12.8 Å². The van der Waals surface area contributed by atoms with E-state index in [2.05, 4.69) is 0 Å². The minimum atomic E-state index is -0.864. The number of benzene rings is 1. The molecule has 0 aliphatic carbocycles. The first kappa shape index (κ1) is 13.8. The van der Waals surface area contributed by atoms with Gasteiger partial charge < -0.3 is 10.0 Å². The van der Waals surface area contributed by atoms with Crippen molar-refractivity contribution < 1.29 is 14.8 Å². The molecule has 1 saturated heterocycles. The van der Waals surface area contributed by atoms with E-state index in [1.165, 1.54) is 6.07 Å². The summed E-state index contributed by atoms with van der Waals surface area (Å²) in [5, 5.41) is 28.9. The van der Waals surface area contributed by atoms with Gasteiger partial charge in [-0.1, -0.05) is 6.07 Å². The molecule has 0 amide bonds. The summed E-state index contributed by atoms with van der Waals surface area (Å²) < 4.78 is 0. The fraction of sp³-hybridized carbons (Fsp3) is 0.385. The van der Waals surface area contributed by atoms with Crippen LogP contribution in [0.2, 0.25) is 0 Å².